The first-order chi connectivity index (χ1) is 29.3. The molecule has 1 unspecified atom stereocenters. The van der Waals surface area contributed by atoms with Crippen molar-refractivity contribution in [3.63, 3.8) is 0 Å². The van der Waals surface area contributed by atoms with Crippen LogP contribution < -0.4 is 32.5 Å². The molecule has 1 atom stereocenters. The summed E-state index contributed by atoms with van der Waals surface area (Å²) in [6.45, 7) is 1.51. The second kappa shape index (κ2) is 16.8. The van der Waals surface area contributed by atoms with E-state index in [-0.39, 0.29) is 43.0 Å². The van der Waals surface area contributed by atoms with Gasteiger partial charge in [-0.25, -0.2) is 41.1 Å². The molecule has 1 aliphatic rings. The molecule has 6 aromatic rings. The predicted molar refractivity (Wildman–Crippen MR) is 216 cm³/mol. The van der Waals surface area contributed by atoms with Gasteiger partial charge >= 0.3 is 5.97 Å². The van der Waals surface area contributed by atoms with E-state index in [4.69, 9.17) is 44.1 Å². The number of fused-ring (bicyclic) bond motifs is 2. The summed E-state index contributed by atoms with van der Waals surface area (Å²) >= 11 is 13.3. The van der Waals surface area contributed by atoms with Crippen molar-refractivity contribution in [1.82, 2.24) is 19.1 Å². The molecule has 0 amide bonds. The average Bonchev–Trinajstić information content (AvgIpc) is 3.18. The fourth-order valence-electron chi connectivity index (χ4n) is 6.74. The molecular weight excluding hydrogens is 877 g/mol. The zero-order chi connectivity index (χ0) is 45.1. The number of ketones is 1. The summed E-state index contributed by atoms with van der Waals surface area (Å²) in [4.78, 5) is 60.4. The third-order valence-electron chi connectivity index (χ3n) is 9.75. The minimum absolute atomic E-state index is 0.0247. The highest BCUT2D eigenvalue weighted by Crippen LogP contribution is 2.40. The van der Waals surface area contributed by atoms with E-state index in [0.717, 1.165) is 34.5 Å². The predicted octanol–water partition coefficient (Wildman–Crippen LogP) is 5.45. The molecule has 5 heterocycles. The zero-order valence-electron chi connectivity index (χ0n) is 32.0. The first kappa shape index (κ1) is 43.7. The normalized spacial score (nSPS) is 13.4. The third kappa shape index (κ3) is 7.71. The van der Waals surface area contributed by atoms with E-state index in [0.29, 0.717) is 18.2 Å². The van der Waals surface area contributed by atoms with Crippen molar-refractivity contribution in [2.75, 3.05) is 54.5 Å². The molecule has 15 nitrogen and oxygen atoms in total. The molecule has 2 aromatic carbocycles. The van der Waals surface area contributed by atoms with Gasteiger partial charge in [0.25, 0.3) is 0 Å². The van der Waals surface area contributed by atoms with E-state index in [9.17, 15) is 33.1 Å². The molecule has 62 heavy (non-hydrogen) atoms. The van der Waals surface area contributed by atoms with Crippen LogP contribution in [0, 0.1) is 34.9 Å². The lowest BCUT2D eigenvalue weighted by Crippen LogP contribution is -2.53. The molecule has 7 rings (SSSR count). The van der Waals surface area contributed by atoms with Gasteiger partial charge in [0.2, 0.25) is 5.43 Å². The third-order valence-corrected chi connectivity index (χ3v) is 10.5. The van der Waals surface area contributed by atoms with Crippen molar-refractivity contribution in [3.8, 4) is 11.6 Å². The quantitative estimate of drug-likeness (QED) is 0.0685. The Labute approximate surface area is 354 Å². The highest BCUT2D eigenvalue weighted by molar-refractivity contribution is 6.38. The Balaban J connectivity index is 1.11. The minimum atomic E-state index is -1.36. The molecule has 4 aromatic heterocycles. The Morgan fingerprint density at radius 1 is 0.823 bits per heavy atom. The fourth-order valence-corrected chi connectivity index (χ4v) is 7.49. The molecule has 1 saturated heterocycles. The largest absolute Gasteiger partial charge is 0.462 e. The fraction of sp³-hybridized carbons (Fsp3) is 0.231. The smallest absolute Gasteiger partial charge is 0.343 e. The monoisotopic (exact) mass is 906 g/mol. The molecule has 0 bridgehead atoms. The Hall–Kier alpha value is -6.42. The molecule has 1 aliphatic heterocycles. The van der Waals surface area contributed by atoms with Crippen LogP contribution in [0.4, 0.5) is 49.4 Å². The van der Waals surface area contributed by atoms with Crippen LogP contribution in [0.15, 0.2) is 46.2 Å². The van der Waals surface area contributed by atoms with Crippen LogP contribution in [0.1, 0.15) is 34.6 Å². The number of hydrogen-bond donors (Lipinski definition) is 4. The molecule has 0 saturated carbocycles. The number of pyridine rings is 4. The minimum Gasteiger partial charge on any atom is -0.462 e. The Morgan fingerprint density at radius 2 is 1.34 bits per heavy atom. The van der Waals surface area contributed by atoms with Crippen LogP contribution in [0.25, 0.3) is 33.4 Å². The number of rotatable bonds is 12. The van der Waals surface area contributed by atoms with Gasteiger partial charge in [-0.05, 0) is 26.0 Å². The van der Waals surface area contributed by atoms with Gasteiger partial charge in [0.05, 0.1) is 74.2 Å². The van der Waals surface area contributed by atoms with E-state index in [2.05, 4.69) is 15.3 Å². The lowest BCUT2D eigenvalue weighted by molar-refractivity contribution is -0.0161. The first-order valence-corrected chi connectivity index (χ1v) is 18.9. The number of carbonyl (C=O) groups is 2. The van der Waals surface area contributed by atoms with Crippen LogP contribution >= 0.6 is 23.2 Å². The number of Topliss-reactive ketones (excluding diaryl/α,β-unsaturated/α-hetero) is 1. The summed E-state index contributed by atoms with van der Waals surface area (Å²) in [6.07, 6.45) is -0.236. The summed E-state index contributed by atoms with van der Waals surface area (Å²) < 4.78 is 102. The number of nitrogens with one attached hydrogen (secondary N) is 1. The van der Waals surface area contributed by atoms with Gasteiger partial charge in [-0.3, -0.25) is 23.5 Å². The summed E-state index contributed by atoms with van der Waals surface area (Å²) in [5.74, 6) is -11.7. The zero-order valence-corrected chi connectivity index (χ0v) is 33.5. The number of ether oxygens (including phenoxy) is 2. The van der Waals surface area contributed by atoms with Crippen molar-refractivity contribution < 1.29 is 50.5 Å². The number of nitrogen functional groups attached to an aromatic ring is 2. The van der Waals surface area contributed by atoms with E-state index in [1.165, 1.54) is 11.8 Å². The van der Waals surface area contributed by atoms with Gasteiger partial charge in [0.15, 0.2) is 57.8 Å². The second-order valence-electron chi connectivity index (χ2n) is 13.8. The van der Waals surface area contributed by atoms with Crippen LogP contribution in [0.2, 0.25) is 10.0 Å². The number of nitrogens with two attached hydrogens (primary N) is 2. The summed E-state index contributed by atoms with van der Waals surface area (Å²) in [6, 6.07) is 2.37. The number of aromatic nitrogens is 4. The van der Waals surface area contributed by atoms with Crippen LogP contribution in [-0.4, -0.2) is 81.0 Å². The van der Waals surface area contributed by atoms with Crippen molar-refractivity contribution >= 4 is 79.8 Å². The van der Waals surface area contributed by atoms with Crippen molar-refractivity contribution in [2.24, 2.45) is 0 Å². The maximum atomic E-state index is 15.7. The number of aliphatic hydroxyl groups excluding tert-OH is 1. The Kier molecular flexibility index (Phi) is 11.8. The van der Waals surface area contributed by atoms with Crippen molar-refractivity contribution in [3.05, 3.63) is 113 Å². The molecule has 0 radical (unpaired) electrons. The maximum Gasteiger partial charge on any atom is 0.343 e. The molecular formula is C39H30Cl2F6N8O7. The Bertz CT molecular complexity index is 3000. The standard InChI is InChI=1S/C39H30Cl2F6N8O7/c1-3-61-39(60)20-12-55(38-26(47)7-24(45)36(49)52-38)30-17(34(20)59)4-21(42)29(27(30)40)50-8-15(57)13-62-16-9-53(10-16)32-22(43)5-18-31(28(32)41)54(11-19(14(2)56)33(18)58)37-25(46)6-23(44)35(48)51-37/h4-7,11-12,15-16,50,57H,3,8-10,13H2,1-2H3,(H2,48,51)(H2,49,52). The Morgan fingerprint density at radius 3 is 1.89 bits per heavy atom. The van der Waals surface area contributed by atoms with Crippen molar-refractivity contribution in [1.29, 1.82) is 0 Å². The highest BCUT2D eigenvalue weighted by Gasteiger charge is 2.34. The van der Waals surface area contributed by atoms with E-state index >= 15 is 17.6 Å². The number of esters is 1. The van der Waals surface area contributed by atoms with Crippen LogP contribution in [0.5, 0.6) is 0 Å². The lowest BCUT2D eigenvalue weighted by atomic mass is 10.0. The van der Waals surface area contributed by atoms with Crippen LogP contribution in [0.3, 0.4) is 0 Å². The lowest BCUT2D eigenvalue weighted by Gasteiger charge is -2.41. The number of aliphatic hydroxyl groups is 1. The van der Waals surface area contributed by atoms with E-state index in [1.54, 1.807) is 0 Å². The van der Waals surface area contributed by atoms with Gasteiger partial charge < -0.3 is 36.3 Å². The topological polar surface area (TPSA) is 210 Å². The van der Waals surface area contributed by atoms with Gasteiger partial charge in [-0.15, -0.1) is 0 Å². The van der Waals surface area contributed by atoms with E-state index in [1.807, 2.05) is 0 Å². The maximum absolute atomic E-state index is 15.7. The van der Waals surface area contributed by atoms with E-state index < -0.39 is 137 Å². The first-order valence-electron chi connectivity index (χ1n) is 18.2. The second-order valence-corrected chi connectivity index (χ2v) is 14.6. The molecule has 6 N–H and O–H groups in total. The van der Waals surface area contributed by atoms with Crippen LogP contribution in [-0.2, 0) is 9.47 Å². The number of nitrogens with zero attached hydrogens (tertiary/aromatic N) is 5. The molecule has 324 valence electrons. The number of carbonyl (C=O) groups excluding carboxylic acids is 2. The van der Waals surface area contributed by atoms with Gasteiger partial charge in [0, 0.05) is 44.2 Å². The highest BCUT2D eigenvalue weighted by atomic mass is 35.5. The molecule has 0 aliphatic carbocycles. The summed E-state index contributed by atoms with van der Waals surface area (Å²) in [7, 11) is 0. The molecule has 23 heteroatoms. The summed E-state index contributed by atoms with van der Waals surface area (Å²) in [5.41, 5.74) is 6.73. The molecule has 1 fully saturated rings. The molecule has 0 spiro atoms. The van der Waals surface area contributed by atoms with Gasteiger partial charge in [-0.2, -0.15) is 0 Å². The number of anilines is 4. The average molecular weight is 908 g/mol. The SMILES string of the molecule is CCOC(=O)c1cn(-c2nc(N)c(F)cc2F)c2c(Cl)c(NCC(O)COC3CN(c4c(F)cc5c(=O)c(C(C)=O)cn(-c6nc(N)c(F)cc6F)c5c4Cl)C3)c(F)cc2c1=O. The number of halogens is 8. The van der Waals surface area contributed by atoms with Gasteiger partial charge in [-0.1, -0.05) is 23.2 Å². The van der Waals surface area contributed by atoms with Crippen molar-refractivity contribution in [2.45, 2.75) is 26.1 Å². The number of hydrogen-bond acceptors (Lipinski definition) is 13. The van der Waals surface area contributed by atoms with Gasteiger partial charge in [0.1, 0.15) is 17.2 Å². The summed E-state index contributed by atoms with van der Waals surface area (Å²) in [5, 5.41) is 11.5. The number of benzene rings is 2.